The van der Waals surface area contributed by atoms with Crippen LogP contribution in [0.1, 0.15) is 11.1 Å². The van der Waals surface area contributed by atoms with Crippen molar-refractivity contribution < 1.29 is 46.5 Å². The SMILES string of the molecule is C[c-]1ccc([Si](C)(C)C)c1.C[c-]1ccc([Si](C)(C)C)c1.[Cl-].[Cl-].[Ti+4]. The maximum atomic E-state index is 2.38. The molecule has 0 bridgehead atoms. The van der Waals surface area contributed by atoms with Crippen LogP contribution in [0.2, 0.25) is 39.3 Å². The topological polar surface area (TPSA) is 0 Å². The second-order valence-corrected chi connectivity index (χ2v) is 18.0. The van der Waals surface area contributed by atoms with Gasteiger partial charge in [0.25, 0.3) is 0 Å². The van der Waals surface area contributed by atoms with Gasteiger partial charge in [-0.25, -0.2) is 22.5 Å². The van der Waals surface area contributed by atoms with Gasteiger partial charge in [0, 0.05) is 16.1 Å². The summed E-state index contributed by atoms with van der Waals surface area (Å²) in [6.45, 7) is 18.6. The Morgan fingerprint density at radius 2 is 0.913 bits per heavy atom. The molecule has 0 aliphatic rings. The van der Waals surface area contributed by atoms with Crippen molar-refractivity contribution in [1.29, 1.82) is 0 Å². The van der Waals surface area contributed by atoms with E-state index in [4.69, 9.17) is 0 Å². The first-order valence-corrected chi connectivity index (χ1v) is 14.5. The van der Waals surface area contributed by atoms with Crippen LogP contribution in [0.5, 0.6) is 0 Å². The predicted molar refractivity (Wildman–Crippen MR) is 99.5 cm³/mol. The summed E-state index contributed by atoms with van der Waals surface area (Å²) in [5.41, 5.74) is 2.80. The van der Waals surface area contributed by atoms with Crippen LogP contribution >= 0.6 is 0 Å². The molecule has 0 aliphatic heterocycles. The molecule has 0 saturated carbocycles. The molecule has 0 atom stereocenters. The fraction of sp³-hybridized carbons (Fsp3) is 0.444. The van der Waals surface area contributed by atoms with E-state index in [1.54, 1.807) is 10.4 Å². The third-order valence-corrected chi connectivity index (χ3v) is 7.64. The molecule has 0 N–H and O–H groups in total. The average Bonchev–Trinajstić information content (AvgIpc) is 2.85. The van der Waals surface area contributed by atoms with Gasteiger partial charge in [-0.05, 0) is 0 Å². The predicted octanol–water partition coefficient (Wildman–Crippen LogP) is -1.48. The van der Waals surface area contributed by atoms with E-state index in [9.17, 15) is 0 Å². The van der Waals surface area contributed by atoms with Gasteiger partial charge in [-0.3, -0.25) is 0 Å². The molecule has 0 unspecified atom stereocenters. The summed E-state index contributed by atoms with van der Waals surface area (Å²) in [7, 11) is -2.02. The zero-order valence-electron chi connectivity index (χ0n) is 15.7. The van der Waals surface area contributed by atoms with Gasteiger partial charge in [0.15, 0.2) is 0 Å². The first kappa shape index (κ1) is 28.2. The van der Waals surface area contributed by atoms with E-state index in [0.29, 0.717) is 0 Å². The average molecular weight is 421 g/mol. The second-order valence-electron chi connectivity index (χ2n) is 7.85. The largest absolute Gasteiger partial charge is 4.00 e. The Bertz CT molecular complexity index is 496. The van der Waals surface area contributed by atoms with Crippen molar-refractivity contribution in [3.63, 3.8) is 0 Å². The van der Waals surface area contributed by atoms with Crippen molar-refractivity contribution in [3.8, 4) is 0 Å². The van der Waals surface area contributed by atoms with Gasteiger partial charge in [0.2, 0.25) is 0 Å². The zero-order valence-corrected chi connectivity index (χ0v) is 20.8. The smallest absolute Gasteiger partial charge is 1.00 e. The molecule has 0 nitrogen and oxygen atoms in total. The standard InChI is InChI=1S/2C9H15Si.2ClH.Ti/c2*1-8-5-6-9(7-8)10(2,3)4;;;/h2*5-7H,1-4H3;2*1H;/q2*-1;;;+4/p-2. The summed E-state index contributed by atoms with van der Waals surface area (Å²) in [5.74, 6) is 0. The van der Waals surface area contributed by atoms with E-state index in [1.165, 1.54) is 11.1 Å². The summed E-state index contributed by atoms with van der Waals surface area (Å²) in [6, 6.07) is 13.6. The monoisotopic (exact) mass is 420 g/mol. The van der Waals surface area contributed by atoms with Crippen LogP contribution in [0.25, 0.3) is 0 Å². The van der Waals surface area contributed by atoms with E-state index in [-0.39, 0.29) is 46.5 Å². The number of hydrogen-bond donors (Lipinski definition) is 0. The Morgan fingerprint density at radius 3 is 1.00 bits per heavy atom. The Hall–Kier alpha value is 0.428. The van der Waals surface area contributed by atoms with Crippen LogP contribution in [0.3, 0.4) is 0 Å². The van der Waals surface area contributed by atoms with Crippen LogP contribution in [0, 0.1) is 13.8 Å². The third kappa shape index (κ3) is 10.1. The Balaban J connectivity index is -0.000000308. The molecule has 2 rings (SSSR count). The van der Waals surface area contributed by atoms with Crippen LogP contribution < -0.4 is 35.2 Å². The van der Waals surface area contributed by atoms with Crippen molar-refractivity contribution in [2.24, 2.45) is 0 Å². The van der Waals surface area contributed by atoms with Gasteiger partial charge in [-0.15, -0.1) is 0 Å². The molecular weight excluding hydrogens is 391 g/mol. The molecule has 0 amide bonds. The molecular formula is C18H30Cl2Si2Ti. The number of aryl methyl sites for hydroxylation is 2. The van der Waals surface area contributed by atoms with Crippen molar-refractivity contribution >= 4 is 26.5 Å². The molecule has 5 heteroatoms. The molecule has 0 heterocycles. The summed E-state index contributed by atoms with van der Waals surface area (Å²) in [4.78, 5) is 0. The van der Waals surface area contributed by atoms with Crippen LogP contribution in [-0.4, -0.2) is 16.1 Å². The molecule has 0 spiro atoms. The van der Waals surface area contributed by atoms with E-state index >= 15 is 0 Å². The molecule has 2 aromatic rings. The maximum absolute atomic E-state index is 2.38. The first-order chi connectivity index (χ1) is 9.00. The molecule has 0 saturated heterocycles. The van der Waals surface area contributed by atoms with Crippen molar-refractivity contribution in [1.82, 2.24) is 0 Å². The summed E-state index contributed by atoms with van der Waals surface area (Å²) >= 11 is 0. The van der Waals surface area contributed by atoms with Crippen molar-refractivity contribution in [2.45, 2.75) is 53.1 Å². The minimum Gasteiger partial charge on any atom is -1.00 e. The minimum atomic E-state index is -1.01. The fourth-order valence-corrected chi connectivity index (χ4v) is 4.55. The maximum Gasteiger partial charge on any atom is 4.00 e. The van der Waals surface area contributed by atoms with Gasteiger partial charge in [0.05, 0.1) is 0 Å². The quantitative estimate of drug-likeness (QED) is 0.410. The first-order valence-electron chi connectivity index (χ1n) is 7.48. The van der Waals surface area contributed by atoms with Crippen molar-refractivity contribution in [2.75, 3.05) is 0 Å². The van der Waals surface area contributed by atoms with Gasteiger partial charge >= 0.3 is 21.7 Å². The van der Waals surface area contributed by atoms with Crippen molar-refractivity contribution in [3.05, 3.63) is 47.5 Å². The number of halogens is 2. The number of hydrogen-bond acceptors (Lipinski definition) is 0. The Kier molecular flexibility index (Phi) is 13.7. The van der Waals surface area contributed by atoms with Gasteiger partial charge in [0.1, 0.15) is 0 Å². The summed E-state index contributed by atoms with van der Waals surface area (Å²) < 4.78 is 0. The van der Waals surface area contributed by atoms with E-state index in [1.807, 2.05) is 0 Å². The van der Waals surface area contributed by atoms with Gasteiger partial charge in [-0.1, -0.05) is 53.1 Å². The second kappa shape index (κ2) is 11.1. The van der Waals surface area contributed by atoms with Crippen LogP contribution in [0.4, 0.5) is 0 Å². The molecule has 0 radical (unpaired) electrons. The summed E-state index contributed by atoms with van der Waals surface area (Å²) in [6.07, 6.45) is 0. The van der Waals surface area contributed by atoms with Crippen LogP contribution in [-0.2, 0) is 21.7 Å². The molecule has 0 aromatic heterocycles. The molecule has 23 heavy (non-hydrogen) atoms. The van der Waals surface area contributed by atoms with Gasteiger partial charge < -0.3 is 24.8 Å². The van der Waals surface area contributed by atoms with E-state index in [0.717, 1.165) is 0 Å². The van der Waals surface area contributed by atoms with Crippen LogP contribution in [0.15, 0.2) is 36.4 Å². The fourth-order valence-electron chi connectivity index (χ4n) is 2.06. The molecule has 0 fully saturated rings. The van der Waals surface area contributed by atoms with E-state index < -0.39 is 16.1 Å². The Labute approximate surface area is 172 Å². The van der Waals surface area contributed by atoms with E-state index in [2.05, 4.69) is 89.5 Å². The third-order valence-electron chi connectivity index (χ3n) is 3.55. The van der Waals surface area contributed by atoms with Gasteiger partial charge in [-0.2, -0.15) is 35.4 Å². The zero-order chi connectivity index (χ0) is 15.6. The molecule has 0 aliphatic carbocycles. The summed E-state index contributed by atoms with van der Waals surface area (Å²) in [5, 5.41) is 3.15. The number of rotatable bonds is 2. The normalized spacial score (nSPS) is 10.4. The molecule has 128 valence electrons. The molecule has 2 aromatic carbocycles. The Morgan fingerprint density at radius 1 is 0.652 bits per heavy atom. The minimum absolute atomic E-state index is 0.